The summed E-state index contributed by atoms with van der Waals surface area (Å²) in [5.74, 6) is -0.837. The van der Waals surface area contributed by atoms with Gasteiger partial charge in [0, 0.05) is 6.54 Å². The van der Waals surface area contributed by atoms with Crippen LogP contribution in [0.15, 0.2) is 23.1 Å². The van der Waals surface area contributed by atoms with Crippen molar-refractivity contribution in [2.75, 3.05) is 6.54 Å². The Morgan fingerprint density at radius 1 is 1.39 bits per heavy atom. The van der Waals surface area contributed by atoms with Crippen molar-refractivity contribution in [1.29, 1.82) is 5.26 Å². The van der Waals surface area contributed by atoms with Crippen molar-refractivity contribution < 1.29 is 12.8 Å². The van der Waals surface area contributed by atoms with Crippen LogP contribution in [0, 0.1) is 22.6 Å². The standard InChI is InChI=1S/C12H15FN2O2S/c1-12(2,3)8-15-18(16,17)11-6-4-5-10(13)9(11)7-14/h4-6,15H,8H2,1-3H3. The van der Waals surface area contributed by atoms with Gasteiger partial charge in [0.15, 0.2) is 0 Å². The van der Waals surface area contributed by atoms with E-state index in [-0.39, 0.29) is 16.9 Å². The summed E-state index contributed by atoms with van der Waals surface area (Å²) in [6.45, 7) is 5.81. The first-order chi connectivity index (χ1) is 8.17. The molecule has 0 bridgehead atoms. The van der Waals surface area contributed by atoms with Crippen molar-refractivity contribution >= 4 is 10.0 Å². The summed E-state index contributed by atoms with van der Waals surface area (Å²) in [4.78, 5) is -0.325. The average molecular weight is 270 g/mol. The van der Waals surface area contributed by atoms with Crippen molar-refractivity contribution in [2.45, 2.75) is 25.7 Å². The Morgan fingerprint density at radius 3 is 2.50 bits per heavy atom. The minimum atomic E-state index is -3.87. The van der Waals surface area contributed by atoms with Gasteiger partial charge in [-0.05, 0) is 17.5 Å². The molecule has 0 saturated carbocycles. The van der Waals surface area contributed by atoms with Gasteiger partial charge in [-0.3, -0.25) is 0 Å². The van der Waals surface area contributed by atoms with Crippen LogP contribution in [0.25, 0.3) is 0 Å². The van der Waals surface area contributed by atoms with E-state index in [0.29, 0.717) is 0 Å². The quantitative estimate of drug-likeness (QED) is 0.913. The van der Waals surface area contributed by atoms with Gasteiger partial charge in [-0.25, -0.2) is 17.5 Å². The molecule has 1 aromatic carbocycles. The molecular formula is C12H15FN2O2S. The largest absolute Gasteiger partial charge is 0.242 e. The highest BCUT2D eigenvalue weighted by Gasteiger charge is 2.23. The van der Waals surface area contributed by atoms with E-state index in [1.807, 2.05) is 20.8 Å². The lowest BCUT2D eigenvalue weighted by Crippen LogP contribution is -2.32. The van der Waals surface area contributed by atoms with Crippen molar-refractivity contribution in [1.82, 2.24) is 4.72 Å². The molecule has 0 fully saturated rings. The van der Waals surface area contributed by atoms with Gasteiger partial charge in [0.2, 0.25) is 10.0 Å². The topological polar surface area (TPSA) is 70.0 Å². The molecule has 18 heavy (non-hydrogen) atoms. The number of hydrogen-bond donors (Lipinski definition) is 1. The van der Waals surface area contributed by atoms with E-state index in [0.717, 1.165) is 6.07 Å². The third-order valence-electron chi connectivity index (χ3n) is 2.17. The third-order valence-corrected chi connectivity index (χ3v) is 3.61. The minimum absolute atomic E-state index is 0.205. The van der Waals surface area contributed by atoms with Crippen LogP contribution in [0.4, 0.5) is 4.39 Å². The summed E-state index contributed by atoms with van der Waals surface area (Å²) in [5.41, 5.74) is -0.702. The molecule has 1 aromatic rings. The Morgan fingerprint density at radius 2 is 2.00 bits per heavy atom. The Labute approximate surface area is 106 Å². The highest BCUT2D eigenvalue weighted by Crippen LogP contribution is 2.19. The summed E-state index contributed by atoms with van der Waals surface area (Å²) >= 11 is 0. The second-order valence-electron chi connectivity index (χ2n) is 5.11. The van der Waals surface area contributed by atoms with Gasteiger partial charge in [0.25, 0.3) is 0 Å². The molecule has 0 radical (unpaired) electrons. The van der Waals surface area contributed by atoms with Crippen LogP contribution < -0.4 is 4.72 Å². The lowest BCUT2D eigenvalue weighted by Gasteiger charge is -2.19. The van der Waals surface area contributed by atoms with Crippen molar-refractivity contribution in [3.05, 3.63) is 29.6 Å². The SMILES string of the molecule is CC(C)(C)CNS(=O)(=O)c1cccc(F)c1C#N. The van der Waals surface area contributed by atoms with Gasteiger partial charge in [-0.1, -0.05) is 26.8 Å². The van der Waals surface area contributed by atoms with Gasteiger partial charge in [0.05, 0.1) is 0 Å². The summed E-state index contributed by atoms with van der Waals surface area (Å²) in [5, 5.41) is 8.81. The molecule has 0 amide bonds. The van der Waals surface area contributed by atoms with Gasteiger partial charge in [-0.15, -0.1) is 0 Å². The molecule has 1 N–H and O–H groups in total. The lowest BCUT2D eigenvalue weighted by atomic mass is 9.98. The lowest BCUT2D eigenvalue weighted by molar-refractivity contribution is 0.407. The van der Waals surface area contributed by atoms with Crippen LogP contribution in [0.3, 0.4) is 0 Å². The van der Waals surface area contributed by atoms with Crippen molar-refractivity contribution in [3.63, 3.8) is 0 Å². The molecule has 0 saturated heterocycles. The third kappa shape index (κ3) is 3.52. The number of nitrogens with one attached hydrogen (secondary N) is 1. The predicted octanol–water partition coefficient (Wildman–Crippen LogP) is 2.02. The molecular weight excluding hydrogens is 255 g/mol. The number of nitriles is 1. The first kappa shape index (κ1) is 14.6. The number of sulfonamides is 1. The molecule has 0 spiro atoms. The summed E-state index contributed by atoms with van der Waals surface area (Å²) < 4.78 is 39.7. The van der Waals surface area contributed by atoms with Gasteiger partial charge >= 0.3 is 0 Å². The second kappa shape index (κ2) is 5.04. The highest BCUT2D eigenvalue weighted by molar-refractivity contribution is 7.89. The molecule has 6 heteroatoms. The summed E-state index contributed by atoms with van der Waals surface area (Å²) in [7, 11) is -3.87. The zero-order valence-corrected chi connectivity index (χ0v) is 11.3. The van der Waals surface area contributed by atoms with Gasteiger partial charge < -0.3 is 0 Å². The van der Waals surface area contributed by atoms with E-state index in [1.165, 1.54) is 12.1 Å². The Bertz CT molecular complexity index is 583. The molecule has 0 aliphatic heterocycles. The molecule has 4 nitrogen and oxygen atoms in total. The van der Waals surface area contributed by atoms with Crippen LogP contribution in [-0.2, 0) is 10.0 Å². The maximum absolute atomic E-state index is 13.3. The molecule has 0 aromatic heterocycles. The van der Waals surface area contributed by atoms with Crippen LogP contribution in [0.2, 0.25) is 0 Å². The van der Waals surface area contributed by atoms with Crippen LogP contribution >= 0.6 is 0 Å². The van der Waals surface area contributed by atoms with E-state index in [1.54, 1.807) is 6.07 Å². The number of halogens is 1. The van der Waals surface area contributed by atoms with E-state index < -0.39 is 21.4 Å². The fraction of sp³-hybridized carbons (Fsp3) is 0.417. The van der Waals surface area contributed by atoms with Gasteiger partial charge in [0.1, 0.15) is 22.3 Å². The van der Waals surface area contributed by atoms with E-state index >= 15 is 0 Å². The average Bonchev–Trinajstić information content (AvgIpc) is 2.25. The highest BCUT2D eigenvalue weighted by atomic mass is 32.2. The number of benzene rings is 1. The minimum Gasteiger partial charge on any atom is -0.211 e. The predicted molar refractivity (Wildman–Crippen MR) is 65.8 cm³/mol. The van der Waals surface area contributed by atoms with Crippen molar-refractivity contribution in [3.8, 4) is 6.07 Å². The Kier molecular flexibility index (Phi) is 4.09. The first-order valence-corrected chi connectivity index (χ1v) is 6.84. The Hall–Kier alpha value is -1.45. The fourth-order valence-electron chi connectivity index (χ4n) is 1.23. The molecule has 0 heterocycles. The molecule has 0 unspecified atom stereocenters. The molecule has 0 aliphatic carbocycles. The molecule has 1 rings (SSSR count). The first-order valence-electron chi connectivity index (χ1n) is 5.36. The smallest absolute Gasteiger partial charge is 0.211 e. The number of nitrogens with zero attached hydrogens (tertiary/aromatic N) is 1. The van der Waals surface area contributed by atoms with Gasteiger partial charge in [-0.2, -0.15) is 5.26 Å². The number of hydrogen-bond acceptors (Lipinski definition) is 3. The zero-order chi connectivity index (χ0) is 14.0. The maximum atomic E-state index is 13.3. The molecule has 98 valence electrons. The van der Waals surface area contributed by atoms with Crippen LogP contribution in [-0.4, -0.2) is 15.0 Å². The van der Waals surface area contributed by atoms with E-state index in [4.69, 9.17) is 5.26 Å². The van der Waals surface area contributed by atoms with E-state index in [9.17, 15) is 12.8 Å². The Balaban J connectivity index is 3.15. The molecule has 0 atom stereocenters. The summed E-state index contributed by atoms with van der Waals surface area (Å²) in [6.07, 6.45) is 0. The van der Waals surface area contributed by atoms with E-state index in [2.05, 4.69) is 4.72 Å². The zero-order valence-electron chi connectivity index (χ0n) is 10.5. The normalized spacial score (nSPS) is 12.2. The van der Waals surface area contributed by atoms with Crippen LogP contribution in [0.1, 0.15) is 26.3 Å². The van der Waals surface area contributed by atoms with Crippen LogP contribution in [0.5, 0.6) is 0 Å². The molecule has 0 aliphatic rings. The maximum Gasteiger partial charge on any atom is 0.242 e. The van der Waals surface area contributed by atoms with Crippen molar-refractivity contribution in [2.24, 2.45) is 5.41 Å². The second-order valence-corrected chi connectivity index (χ2v) is 6.85. The fourth-order valence-corrected chi connectivity index (χ4v) is 2.67. The monoisotopic (exact) mass is 270 g/mol. The number of rotatable bonds is 3. The summed E-state index contributed by atoms with van der Waals surface area (Å²) in [6, 6.07) is 5.11.